The fourth-order valence-electron chi connectivity index (χ4n) is 1.12. The molecule has 0 aliphatic rings. The van der Waals surface area contributed by atoms with Crippen molar-refractivity contribution >= 4 is 12.0 Å². The van der Waals surface area contributed by atoms with E-state index in [2.05, 4.69) is 24.3 Å². The van der Waals surface area contributed by atoms with Crippen LogP contribution in [-0.4, -0.2) is 22.2 Å². The summed E-state index contributed by atoms with van der Waals surface area (Å²) in [7, 11) is 0. The number of carbonyl (C=O) groups is 1. The second kappa shape index (κ2) is 5.34. The highest BCUT2D eigenvalue weighted by Crippen LogP contribution is 2.06. The Balaban J connectivity index is 2.46. The first kappa shape index (κ1) is 11.5. The van der Waals surface area contributed by atoms with Crippen molar-refractivity contribution in [2.45, 2.75) is 26.8 Å². The zero-order valence-corrected chi connectivity index (χ0v) is 9.40. The SMILES string of the molecule is CC(=O)NCC=Cc1cnn(C(C)C)c1. The Morgan fingerprint density at radius 1 is 1.67 bits per heavy atom. The van der Waals surface area contributed by atoms with E-state index in [1.807, 2.05) is 29.2 Å². The zero-order valence-electron chi connectivity index (χ0n) is 9.40. The Labute approximate surface area is 90.0 Å². The van der Waals surface area contributed by atoms with Gasteiger partial charge in [0.25, 0.3) is 0 Å². The molecule has 0 aromatic carbocycles. The number of carbonyl (C=O) groups excluding carboxylic acids is 1. The van der Waals surface area contributed by atoms with Crippen molar-refractivity contribution in [2.75, 3.05) is 6.54 Å². The first-order valence-corrected chi connectivity index (χ1v) is 5.04. The molecule has 0 fully saturated rings. The Bertz CT molecular complexity index is 352. The van der Waals surface area contributed by atoms with Gasteiger partial charge in [-0.15, -0.1) is 0 Å². The molecule has 4 nitrogen and oxygen atoms in total. The molecule has 0 bridgehead atoms. The van der Waals surface area contributed by atoms with E-state index in [1.165, 1.54) is 6.92 Å². The van der Waals surface area contributed by atoms with Crippen molar-refractivity contribution in [3.63, 3.8) is 0 Å². The predicted octanol–water partition coefficient (Wildman–Crippen LogP) is 1.61. The maximum Gasteiger partial charge on any atom is 0.217 e. The van der Waals surface area contributed by atoms with E-state index in [0.29, 0.717) is 12.6 Å². The second-order valence-electron chi connectivity index (χ2n) is 3.69. The van der Waals surface area contributed by atoms with Crippen molar-refractivity contribution in [3.8, 4) is 0 Å². The third-order valence-corrected chi connectivity index (χ3v) is 1.93. The summed E-state index contributed by atoms with van der Waals surface area (Å²) in [5.41, 5.74) is 1.05. The summed E-state index contributed by atoms with van der Waals surface area (Å²) in [6.07, 6.45) is 7.64. The quantitative estimate of drug-likeness (QED) is 0.815. The normalized spacial score (nSPS) is 11.2. The van der Waals surface area contributed by atoms with E-state index in [4.69, 9.17) is 0 Å². The first-order chi connectivity index (χ1) is 7.09. The molecule has 1 rings (SSSR count). The van der Waals surface area contributed by atoms with Crippen LogP contribution in [0.1, 0.15) is 32.4 Å². The van der Waals surface area contributed by atoms with E-state index < -0.39 is 0 Å². The Kier molecular flexibility index (Phi) is 4.09. The molecule has 0 saturated heterocycles. The van der Waals surface area contributed by atoms with Crippen molar-refractivity contribution in [2.24, 2.45) is 0 Å². The molecule has 1 amide bonds. The summed E-state index contributed by atoms with van der Waals surface area (Å²) in [4.78, 5) is 10.6. The number of amides is 1. The van der Waals surface area contributed by atoms with E-state index in [-0.39, 0.29) is 5.91 Å². The van der Waals surface area contributed by atoms with Crippen LogP contribution in [0.15, 0.2) is 18.5 Å². The molecule has 0 unspecified atom stereocenters. The molecule has 0 saturated carbocycles. The van der Waals surface area contributed by atoms with Gasteiger partial charge in [-0.1, -0.05) is 12.2 Å². The van der Waals surface area contributed by atoms with Gasteiger partial charge in [0.1, 0.15) is 0 Å². The van der Waals surface area contributed by atoms with E-state index in [9.17, 15) is 4.79 Å². The topological polar surface area (TPSA) is 46.9 Å². The number of rotatable bonds is 4. The third-order valence-electron chi connectivity index (χ3n) is 1.93. The molecule has 15 heavy (non-hydrogen) atoms. The monoisotopic (exact) mass is 207 g/mol. The van der Waals surface area contributed by atoms with Crippen LogP contribution in [0.4, 0.5) is 0 Å². The Morgan fingerprint density at radius 3 is 2.93 bits per heavy atom. The Morgan fingerprint density at radius 2 is 2.40 bits per heavy atom. The molecule has 1 aromatic rings. The smallest absolute Gasteiger partial charge is 0.217 e. The highest BCUT2D eigenvalue weighted by molar-refractivity contribution is 5.73. The summed E-state index contributed by atoms with van der Waals surface area (Å²) in [6.45, 7) is 6.22. The number of aromatic nitrogens is 2. The van der Waals surface area contributed by atoms with Crippen LogP contribution in [0.2, 0.25) is 0 Å². The molecule has 82 valence electrons. The molecular weight excluding hydrogens is 190 g/mol. The lowest BCUT2D eigenvalue weighted by Gasteiger charge is -2.02. The Hall–Kier alpha value is -1.58. The largest absolute Gasteiger partial charge is 0.353 e. The highest BCUT2D eigenvalue weighted by atomic mass is 16.1. The lowest BCUT2D eigenvalue weighted by atomic mass is 10.3. The molecule has 0 spiro atoms. The maximum atomic E-state index is 10.6. The summed E-state index contributed by atoms with van der Waals surface area (Å²) in [5.74, 6) is -0.0162. The summed E-state index contributed by atoms with van der Waals surface area (Å²) in [6, 6.07) is 0.377. The zero-order chi connectivity index (χ0) is 11.3. The van der Waals surface area contributed by atoms with Gasteiger partial charge in [0.05, 0.1) is 6.20 Å². The second-order valence-corrected chi connectivity index (χ2v) is 3.69. The number of hydrogen-bond donors (Lipinski definition) is 1. The number of nitrogens with one attached hydrogen (secondary N) is 1. The van der Waals surface area contributed by atoms with Gasteiger partial charge in [-0.25, -0.2) is 0 Å². The van der Waals surface area contributed by atoms with Crippen LogP contribution in [0.3, 0.4) is 0 Å². The molecule has 0 aliphatic heterocycles. The van der Waals surface area contributed by atoms with Crippen LogP contribution < -0.4 is 5.32 Å². The molecular formula is C11H17N3O. The number of nitrogens with zero attached hydrogens (tertiary/aromatic N) is 2. The van der Waals surface area contributed by atoms with E-state index in [0.717, 1.165) is 5.56 Å². The van der Waals surface area contributed by atoms with Gasteiger partial charge in [0, 0.05) is 31.3 Å². The predicted molar refractivity (Wildman–Crippen MR) is 60.3 cm³/mol. The molecule has 1 heterocycles. The van der Waals surface area contributed by atoms with Crippen molar-refractivity contribution in [1.29, 1.82) is 0 Å². The van der Waals surface area contributed by atoms with Crippen molar-refractivity contribution in [3.05, 3.63) is 24.0 Å². The molecule has 0 aliphatic carbocycles. The van der Waals surface area contributed by atoms with Gasteiger partial charge in [-0.2, -0.15) is 5.10 Å². The molecule has 1 aromatic heterocycles. The van der Waals surface area contributed by atoms with Crippen LogP contribution in [-0.2, 0) is 4.79 Å². The van der Waals surface area contributed by atoms with Gasteiger partial charge >= 0.3 is 0 Å². The van der Waals surface area contributed by atoms with Gasteiger partial charge in [-0.3, -0.25) is 9.48 Å². The number of hydrogen-bond acceptors (Lipinski definition) is 2. The van der Waals surface area contributed by atoms with Crippen molar-refractivity contribution in [1.82, 2.24) is 15.1 Å². The lowest BCUT2D eigenvalue weighted by molar-refractivity contribution is -0.118. The van der Waals surface area contributed by atoms with Gasteiger partial charge in [0.2, 0.25) is 5.91 Å². The minimum Gasteiger partial charge on any atom is -0.353 e. The lowest BCUT2D eigenvalue weighted by Crippen LogP contribution is -2.19. The molecule has 4 heteroatoms. The fourth-order valence-corrected chi connectivity index (χ4v) is 1.12. The summed E-state index contributed by atoms with van der Waals surface area (Å²) < 4.78 is 1.90. The first-order valence-electron chi connectivity index (χ1n) is 5.04. The van der Waals surface area contributed by atoms with Crippen LogP contribution in [0, 0.1) is 0 Å². The molecule has 1 N–H and O–H groups in total. The third kappa shape index (κ3) is 3.97. The van der Waals surface area contributed by atoms with Crippen LogP contribution >= 0.6 is 0 Å². The van der Waals surface area contributed by atoms with E-state index in [1.54, 1.807) is 0 Å². The molecule has 0 atom stereocenters. The van der Waals surface area contributed by atoms with Crippen molar-refractivity contribution < 1.29 is 4.79 Å². The fraction of sp³-hybridized carbons (Fsp3) is 0.455. The summed E-state index contributed by atoms with van der Waals surface area (Å²) >= 11 is 0. The minimum absolute atomic E-state index is 0.0162. The van der Waals surface area contributed by atoms with Crippen LogP contribution in [0.25, 0.3) is 6.08 Å². The van der Waals surface area contributed by atoms with Gasteiger partial charge in [-0.05, 0) is 13.8 Å². The standard InChI is InChI=1S/C11H17N3O/c1-9(2)14-8-11(7-13-14)5-4-6-12-10(3)15/h4-5,7-9H,6H2,1-3H3,(H,12,15). The van der Waals surface area contributed by atoms with E-state index >= 15 is 0 Å². The van der Waals surface area contributed by atoms with Gasteiger partial charge < -0.3 is 5.32 Å². The average molecular weight is 207 g/mol. The van der Waals surface area contributed by atoms with Gasteiger partial charge in [0.15, 0.2) is 0 Å². The highest BCUT2D eigenvalue weighted by Gasteiger charge is 1.98. The summed E-state index contributed by atoms with van der Waals surface area (Å²) in [5, 5.41) is 6.90. The maximum absolute atomic E-state index is 10.6. The molecule has 0 radical (unpaired) electrons. The van der Waals surface area contributed by atoms with Crippen LogP contribution in [0.5, 0.6) is 0 Å². The minimum atomic E-state index is -0.0162. The average Bonchev–Trinajstić information content (AvgIpc) is 2.60.